The molecule has 2 heterocycles. The standard InChI is InChI=1S/C12H18N2O4.ClH/c15-10-3-1-5-13(10)7-8-18-12(17)9-14-6-2-4-11(14)16;/h1-9H2;1H. The Morgan fingerprint density at radius 3 is 2.16 bits per heavy atom. The van der Waals surface area contributed by atoms with Gasteiger partial charge in [0.05, 0.1) is 6.54 Å². The maximum atomic E-state index is 11.5. The molecule has 19 heavy (non-hydrogen) atoms. The Morgan fingerprint density at radius 2 is 1.63 bits per heavy atom. The van der Waals surface area contributed by atoms with E-state index < -0.39 is 5.97 Å². The van der Waals surface area contributed by atoms with E-state index in [0.717, 1.165) is 19.4 Å². The second-order valence-corrected chi connectivity index (χ2v) is 4.62. The molecule has 0 aromatic heterocycles. The molecular weight excluding hydrogens is 272 g/mol. The summed E-state index contributed by atoms with van der Waals surface area (Å²) in [5.74, 6) is -0.251. The summed E-state index contributed by atoms with van der Waals surface area (Å²) >= 11 is 0. The molecule has 6 nitrogen and oxygen atoms in total. The topological polar surface area (TPSA) is 66.9 Å². The molecular formula is C12H19ClN2O4. The monoisotopic (exact) mass is 290 g/mol. The van der Waals surface area contributed by atoms with Crippen molar-refractivity contribution in [3.8, 4) is 0 Å². The first-order valence-electron chi connectivity index (χ1n) is 6.38. The molecule has 0 unspecified atom stereocenters. The van der Waals surface area contributed by atoms with Crippen LogP contribution in [0.15, 0.2) is 0 Å². The average molecular weight is 291 g/mol. The van der Waals surface area contributed by atoms with Crippen molar-refractivity contribution in [3.05, 3.63) is 0 Å². The maximum absolute atomic E-state index is 11.5. The molecule has 7 heteroatoms. The molecule has 0 aromatic rings. The van der Waals surface area contributed by atoms with Gasteiger partial charge in [-0.15, -0.1) is 12.4 Å². The summed E-state index contributed by atoms with van der Waals surface area (Å²) in [5.41, 5.74) is 0. The smallest absolute Gasteiger partial charge is 0.325 e. The Hall–Kier alpha value is -1.30. The number of ether oxygens (including phenoxy) is 1. The van der Waals surface area contributed by atoms with Crippen LogP contribution >= 0.6 is 12.4 Å². The average Bonchev–Trinajstić information content (AvgIpc) is 2.90. The van der Waals surface area contributed by atoms with Gasteiger partial charge in [-0.2, -0.15) is 0 Å². The van der Waals surface area contributed by atoms with Crippen molar-refractivity contribution >= 4 is 30.2 Å². The molecule has 0 N–H and O–H groups in total. The van der Waals surface area contributed by atoms with Crippen LogP contribution in [0.4, 0.5) is 0 Å². The molecule has 0 bridgehead atoms. The third kappa shape index (κ3) is 4.38. The van der Waals surface area contributed by atoms with Gasteiger partial charge in [-0.3, -0.25) is 14.4 Å². The molecule has 0 spiro atoms. The van der Waals surface area contributed by atoms with E-state index in [4.69, 9.17) is 4.74 Å². The Bertz CT molecular complexity index is 362. The van der Waals surface area contributed by atoms with E-state index in [2.05, 4.69) is 0 Å². The van der Waals surface area contributed by atoms with Gasteiger partial charge in [0, 0.05) is 25.9 Å². The van der Waals surface area contributed by atoms with Crippen LogP contribution in [0.1, 0.15) is 25.7 Å². The van der Waals surface area contributed by atoms with Crippen molar-refractivity contribution in [1.29, 1.82) is 0 Å². The second kappa shape index (κ2) is 7.33. The van der Waals surface area contributed by atoms with Crippen LogP contribution in [0.5, 0.6) is 0 Å². The summed E-state index contributed by atoms with van der Waals surface area (Å²) in [6.07, 6.45) is 2.81. The molecule has 0 atom stereocenters. The number of nitrogens with zero attached hydrogens (tertiary/aromatic N) is 2. The number of hydrogen-bond acceptors (Lipinski definition) is 4. The molecule has 2 fully saturated rings. The number of hydrogen-bond donors (Lipinski definition) is 0. The number of likely N-dealkylation sites (tertiary alicyclic amines) is 2. The van der Waals surface area contributed by atoms with Crippen molar-refractivity contribution in [2.24, 2.45) is 0 Å². The number of halogens is 1. The van der Waals surface area contributed by atoms with Gasteiger partial charge in [0.25, 0.3) is 0 Å². The van der Waals surface area contributed by atoms with Crippen molar-refractivity contribution in [1.82, 2.24) is 9.80 Å². The van der Waals surface area contributed by atoms with Gasteiger partial charge in [-0.05, 0) is 12.8 Å². The minimum Gasteiger partial charge on any atom is -0.462 e. The molecule has 2 aliphatic heterocycles. The maximum Gasteiger partial charge on any atom is 0.325 e. The summed E-state index contributed by atoms with van der Waals surface area (Å²) in [4.78, 5) is 37.3. The number of amides is 2. The number of carbonyl (C=O) groups excluding carboxylic acids is 3. The van der Waals surface area contributed by atoms with Crippen molar-refractivity contribution in [2.45, 2.75) is 25.7 Å². The lowest BCUT2D eigenvalue weighted by Crippen LogP contribution is -2.34. The van der Waals surface area contributed by atoms with E-state index in [1.807, 2.05) is 0 Å². The van der Waals surface area contributed by atoms with E-state index in [0.29, 0.717) is 25.9 Å². The zero-order valence-corrected chi connectivity index (χ0v) is 11.6. The fourth-order valence-corrected chi connectivity index (χ4v) is 2.28. The molecule has 0 aliphatic carbocycles. The van der Waals surface area contributed by atoms with Gasteiger partial charge in [0.1, 0.15) is 13.2 Å². The number of carbonyl (C=O) groups is 3. The van der Waals surface area contributed by atoms with E-state index in [9.17, 15) is 14.4 Å². The molecule has 2 saturated heterocycles. The first-order chi connectivity index (χ1) is 8.66. The predicted molar refractivity (Wildman–Crippen MR) is 69.8 cm³/mol. The fourth-order valence-electron chi connectivity index (χ4n) is 2.28. The Balaban J connectivity index is 0.00000180. The van der Waals surface area contributed by atoms with Crippen LogP contribution in [0, 0.1) is 0 Å². The lowest BCUT2D eigenvalue weighted by Gasteiger charge is -2.17. The van der Waals surface area contributed by atoms with E-state index in [-0.39, 0.29) is 37.4 Å². The first kappa shape index (κ1) is 15.8. The summed E-state index contributed by atoms with van der Waals surface area (Å²) in [6, 6.07) is 0. The van der Waals surface area contributed by atoms with Crippen LogP contribution in [0.25, 0.3) is 0 Å². The summed E-state index contributed by atoms with van der Waals surface area (Å²) in [5, 5.41) is 0. The molecule has 2 rings (SSSR count). The van der Waals surface area contributed by atoms with Gasteiger partial charge in [0.15, 0.2) is 0 Å². The number of rotatable bonds is 5. The molecule has 2 amide bonds. The lowest BCUT2D eigenvalue weighted by molar-refractivity contribution is -0.149. The van der Waals surface area contributed by atoms with Crippen molar-refractivity contribution in [3.63, 3.8) is 0 Å². The van der Waals surface area contributed by atoms with Gasteiger partial charge >= 0.3 is 5.97 Å². The summed E-state index contributed by atoms with van der Waals surface area (Å²) in [7, 11) is 0. The first-order valence-corrected chi connectivity index (χ1v) is 6.38. The van der Waals surface area contributed by atoms with Crippen LogP contribution in [-0.4, -0.2) is 60.4 Å². The highest BCUT2D eigenvalue weighted by atomic mass is 35.5. The third-order valence-electron chi connectivity index (χ3n) is 3.29. The van der Waals surface area contributed by atoms with Gasteiger partial charge < -0.3 is 14.5 Å². The largest absolute Gasteiger partial charge is 0.462 e. The minimum atomic E-state index is -0.392. The SMILES string of the molecule is Cl.O=C(CN1CCCC1=O)OCCN1CCCC1=O. The summed E-state index contributed by atoms with van der Waals surface area (Å²) < 4.78 is 5.04. The van der Waals surface area contributed by atoms with E-state index in [1.165, 1.54) is 4.90 Å². The Morgan fingerprint density at radius 1 is 1.05 bits per heavy atom. The predicted octanol–water partition coefficient (Wildman–Crippen LogP) is 0.196. The van der Waals surface area contributed by atoms with E-state index >= 15 is 0 Å². The highest BCUT2D eigenvalue weighted by Crippen LogP contribution is 2.10. The highest BCUT2D eigenvalue weighted by molar-refractivity contribution is 5.85. The highest BCUT2D eigenvalue weighted by Gasteiger charge is 2.23. The molecule has 0 aromatic carbocycles. The van der Waals surface area contributed by atoms with Gasteiger partial charge in [-0.25, -0.2) is 0 Å². The van der Waals surface area contributed by atoms with Crippen LogP contribution in [-0.2, 0) is 19.1 Å². The molecule has 108 valence electrons. The van der Waals surface area contributed by atoms with Crippen LogP contribution < -0.4 is 0 Å². The van der Waals surface area contributed by atoms with Gasteiger partial charge in [0.2, 0.25) is 11.8 Å². The Labute approximate surface area is 118 Å². The molecule has 0 radical (unpaired) electrons. The van der Waals surface area contributed by atoms with Gasteiger partial charge in [-0.1, -0.05) is 0 Å². The zero-order chi connectivity index (χ0) is 13.0. The van der Waals surface area contributed by atoms with Crippen LogP contribution in [0.2, 0.25) is 0 Å². The second-order valence-electron chi connectivity index (χ2n) is 4.62. The third-order valence-corrected chi connectivity index (χ3v) is 3.29. The fraction of sp³-hybridized carbons (Fsp3) is 0.750. The normalized spacial score (nSPS) is 18.7. The van der Waals surface area contributed by atoms with E-state index in [1.54, 1.807) is 4.90 Å². The van der Waals surface area contributed by atoms with Crippen molar-refractivity contribution < 1.29 is 19.1 Å². The molecule has 0 saturated carbocycles. The quantitative estimate of drug-likeness (QED) is 0.678. The Kier molecular flexibility index (Phi) is 6.08. The summed E-state index contributed by atoms with van der Waals surface area (Å²) in [6.45, 7) is 2.09. The zero-order valence-electron chi connectivity index (χ0n) is 10.8. The number of esters is 1. The van der Waals surface area contributed by atoms with Crippen LogP contribution in [0.3, 0.4) is 0 Å². The lowest BCUT2D eigenvalue weighted by atomic mass is 10.4. The molecule has 2 aliphatic rings. The minimum absolute atomic E-state index is 0. The van der Waals surface area contributed by atoms with Crippen molar-refractivity contribution in [2.75, 3.05) is 32.8 Å².